The first-order chi connectivity index (χ1) is 8.62. The lowest BCUT2D eigenvalue weighted by Gasteiger charge is -2.24. The monoisotopic (exact) mass is 252 g/mol. The normalized spacial score (nSPS) is 13.9. The molecule has 0 saturated heterocycles. The Morgan fingerprint density at radius 3 is 2.56 bits per heavy atom. The van der Waals surface area contributed by atoms with Crippen molar-refractivity contribution in [3.8, 4) is 0 Å². The molecular weight excluding hydrogens is 232 g/mol. The Morgan fingerprint density at radius 2 is 2.00 bits per heavy atom. The summed E-state index contributed by atoms with van der Waals surface area (Å²) in [5.41, 5.74) is 0.0341. The largest absolute Gasteiger partial charge is 0.465 e. The highest BCUT2D eigenvalue weighted by molar-refractivity contribution is 5.76. The third kappa shape index (κ3) is 4.13. The second kappa shape index (κ2) is 7.13. The van der Waals surface area contributed by atoms with E-state index >= 15 is 0 Å². The summed E-state index contributed by atoms with van der Waals surface area (Å²) in [5.74, 6) is -0.430. The predicted octanol–water partition coefficient (Wildman–Crippen LogP) is 1.76. The van der Waals surface area contributed by atoms with Gasteiger partial charge in [-0.1, -0.05) is 30.3 Å². The minimum Gasteiger partial charge on any atom is -0.465 e. The first-order valence-corrected chi connectivity index (χ1v) is 6.02. The molecule has 0 heterocycles. The molecule has 4 nitrogen and oxygen atoms in total. The van der Waals surface area contributed by atoms with Gasteiger partial charge in [-0.3, -0.25) is 4.79 Å². The van der Waals surface area contributed by atoms with Crippen LogP contribution in [0, 0.1) is 5.41 Å². The van der Waals surface area contributed by atoms with Crippen LogP contribution in [0.4, 0.5) is 0 Å². The number of esters is 1. The van der Waals surface area contributed by atoms with Gasteiger partial charge in [0.1, 0.15) is 5.41 Å². The number of carbonyl (C=O) groups excluding carboxylic acids is 1. The van der Waals surface area contributed by atoms with E-state index in [1.807, 2.05) is 30.3 Å². The number of aliphatic hydroxyl groups is 1. The van der Waals surface area contributed by atoms with E-state index < -0.39 is 11.4 Å². The Labute approximate surface area is 108 Å². The van der Waals surface area contributed by atoms with E-state index in [1.54, 1.807) is 13.8 Å². The average molecular weight is 252 g/mol. The molecule has 1 rings (SSSR count). The molecule has 1 aromatic rings. The molecule has 0 saturated carbocycles. The van der Waals surface area contributed by atoms with Crippen LogP contribution in [0.25, 0.3) is 0 Å². The van der Waals surface area contributed by atoms with E-state index in [1.165, 1.54) is 0 Å². The maximum atomic E-state index is 11.7. The van der Waals surface area contributed by atoms with Crippen molar-refractivity contribution in [3.63, 3.8) is 0 Å². The number of benzene rings is 1. The first kappa shape index (κ1) is 14.7. The molecule has 0 aliphatic carbocycles. The van der Waals surface area contributed by atoms with Gasteiger partial charge in [-0.05, 0) is 19.4 Å². The number of ether oxygens (including phenoxy) is 2. The lowest BCUT2D eigenvalue weighted by molar-refractivity contribution is -0.161. The molecule has 0 spiro atoms. The van der Waals surface area contributed by atoms with Gasteiger partial charge in [-0.25, -0.2) is 0 Å². The van der Waals surface area contributed by atoms with Gasteiger partial charge >= 0.3 is 5.97 Å². The minimum absolute atomic E-state index is 0.136. The third-order valence-corrected chi connectivity index (χ3v) is 2.65. The number of hydrogen-bond donors (Lipinski definition) is 1. The number of rotatable bonds is 7. The molecule has 1 aromatic carbocycles. The Kier molecular flexibility index (Phi) is 5.82. The average Bonchev–Trinajstić information content (AvgIpc) is 2.40. The smallest absolute Gasteiger partial charge is 0.316 e. The van der Waals surface area contributed by atoms with Crippen LogP contribution in [0.2, 0.25) is 0 Å². The van der Waals surface area contributed by atoms with Crippen LogP contribution in [0.1, 0.15) is 19.4 Å². The summed E-state index contributed by atoms with van der Waals surface area (Å²) < 4.78 is 10.4. The fraction of sp³-hybridized carbons (Fsp3) is 0.500. The van der Waals surface area contributed by atoms with Gasteiger partial charge in [0.15, 0.2) is 0 Å². The molecular formula is C14H20O4. The van der Waals surface area contributed by atoms with Crippen LogP contribution in [0.5, 0.6) is 0 Å². The van der Waals surface area contributed by atoms with Crippen LogP contribution in [0.15, 0.2) is 30.3 Å². The van der Waals surface area contributed by atoms with Crippen molar-refractivity contribution in [1.82, 2.24) is 0 Å². The fourth-order valence-corrected chi connectivity index (χ4v) is 1.44. The van der Waals surface area contributed by atoms with Gasteiger partial charge in [0, 0.05) is 0 Å². The summed E-state index contributed by atoms with van der Waals surface area (Å²) in [5, 5.41) is 9.30. The molecule has 1 N–H and O–H groups in total. The quantitative estimate of drug-likeness (QED) is 0.751. The Morgan fingerprint density at radius 1 is 1.33 bits per heavy atom. The third-order valence-electron chi connectivity index (χ3n) is 2.65. The standard InChI is InChI=1S/C14H20O4/c1-3-18-13(16)14(2,10-15)11-17-9-12-7-5-4-6-8-12/h4-8,15H,3,9-11H2,1-2H3/t14-/m1/s1. The Hall–Kier alpha value is -1.39. The highest BCUT2D eigenvalue weighted by atomic mass is 16.5. The van der Waals surface area contributed by atoms with E-state index in [2.05, 4.69) is 0 Å². The minimum atomic E-state index is -0.995. The summed E-state index contributed by atoms with van der Waals surface area (Å²) in [6.07, 6.45) is 0. The highest BCUT2D eigenvalue weighted by Gasteiger charge is 2.34. The zero-order valence-electron chi connectivity index (χ0n) is 10.9. The molecule has 100 valence electrons. The van der Waals surface area contributed by atoms with Gasteiger partial charge in [0.05, 0.1) is 26.4 Å². The lowest BCUT2D eigenvalue weighted by Crippen LogP contribution is -2.38. The van der Waals surface area contributed by atoms with Crippen molar-refractivity contribution >= 4 is 5.97 Å². The molecule has 0 unspecified atom stereocenters. The van der Waals surface area contributed by atoms with Crippen molar-refractivity contribution < 1.29 is 19.4 Å². The highest BCUT2D eigenvalue weighted by Crippen LogP contribution is 2.19. The van der Waals surface area contributed by atoms with Crippen molar-refractivity contribution in [2.45, 2.75) is 20.5 Å². The van der Waals surface area contributed by atoms with Crippen molar-refractivity contribution in [3.05, 3.63) is 35.9 Å². The number of aliphatic hydroxyl groups excluding tert-OH is 1. The SMILES string of the molecule is CCOC(=O)[C@](C)(CO)COCc1ccccc1. The van der Waals surface area contributed by atoms with Gasteiger partial charge in [-0.2, -0.15) is 0 Å². The Bertz CT molecular complexity index is 363. The summed E-state index contributed by atoms with van der Waals surface area (Å²) in [7, 11) is 0. The number of hydrogen-bond acceptors (Lipinski definition) is 4. The molecule has 0 amide bonds. The van der Waals surface area contributed by atoms with Crippen LogP contribution in [-0.2, 0) is 20.9 Å². The van der Waals surface area contributed by atoms with Crippen molar-refractivity contribution in [1.29, 1.82) is 0 Å². The zero-order valence-corrected chi connectivity index (χ0v) is 10.9. The van der Waals surface area contributed by atoms with Gasteiger partial charge in [0.25, 0.3) is 0 Å². The van der Waals surface area contributed by atoms with Crippen LogP contribution in [0.3, 0.4) is 0 Å². The molecule has 1 atom stereocenters. The number of carbonyl (C=O) groups is 1. The molecule has 0 fully saturated rings. The summed E-state index contributed by atoms with van der Waals surface area (Å²) in [6.45, 7) is 3.93. The molecule has 4 heteroatoms. The maximum Gasteiger partial charge on any atom is 0.316 e. The van der Waals surface area contributed by atoms with E-state index in [0.29, 0.717) is 13.2 Å². The first-order valence-electron chi connectivity index (χ1n) is 6.02. The predicted molar refractivity (Wildman–Crippen MR) is 67.9 cm³/mol. The van der Waals surface area contributed by atoms with Gasteiger partial charge in [-0.15, -0.1) is 0 Å². The van der Waals surface area contributed by atoms with Crippen LogP contribution >= 0.6 is 0 Å². The van der Waals surface area contributed by atoms with Crippen molar-refractivity contribution in [2.75, 3.05) is 19.8 Å². The maximum absolute atomic E-state index is 11.7. The van der Waals surface area contributed by atoms with Crippen LogP contribution < -0.4 is 0 Å². The second-order valence-electron chi connectivity index (χ2n) is 4.42. The molecule has 18 heavy (non-hydrogen) atoms. The zero-order chi connectivity index (χ0) is 13.4. The second-order valence-corrected chi connectivity index (χ2v) is 4.42. The van der Waals surface area contributed by atoms with E-state index in [0.717, 1.165) is 5.56 Å². The van der Waals surface area contributed by atoms with Crippen molar-refractivity contribution in [2.24, 2.45) is 5.41 Å². The molecule has 0 aliphatic heterocycles. The molecule has 0 radical (unpaired) electrons. The summed E-state index contributed by atoms with van der Waals surface area (Å²) >= 11 is 0. The summed E-state index contributed by atoms with van der Waals surface area (Å²) in [6, 6.07) is 9.67. The van der Waals surface area contributed by atoms with E-state index in [-0.39, 0.29) is 13.2 Å². The lowest BCUT2D eigenvalue weighted by atomic mass is 9.93. The molecule has 0 aromatic heterocycles. The van der Waals surface area contributed by atoms with Gasteiger partial charge in [0.2, 0.25) is 0 Å². The molecule has 0 aliphatic rings. The molecule has 0 bridgehead atoms. The van der Waals surface area contributed by atoms with Crippen LogP contribution in [-0.4, -0.2) is 30.9 Å². The topological polar surface area (TPSA) is 55.8 Å². The summed E-state index contributed by atoms with van der Waals surface area (Å²) in [4.78, 5) is 11.7. The van der Waals surface area contributed by atoms with Gasteiger partial charge < -0.3 is 14.6 Å². The fourth-order valence-electron chi connectivity index (χ4n) is 1.44. The van der Waals surface area contributed by atoms with E-state index in [9.17, 15) is 9.90 Å². The van der Waals surface area contributed by atoms with E-state index in [4.69, 9.17) is 9.47 Å². The Balaban J connectivity index is 2.46.